The molecule has 158 valence electrons. The minimum atomic E-state index is -0.378. The smallest absolute Gasteiger partial charge is 0.247 e. The van der Waals surface area contributed by atoms with Crippen LogP contribution in [-0.2, 0) is 10.2 Å². The maximum Gasteiger partial charge on any atom is 0.247 e. The van der Waals surface area contributed by atoms with Crippen molar-refractivity contribution in [1.82, 2.24) is 5.32 Å². The Balaban J connectivity index is 1.65. The molecule has 29 heavy (non-hydrogen) atoms. The summed E-state index contributed by atoms with van der Waals surface area (Å²) in [5, 5.41) is 23.4. The maximum atomic E-state index is 12.8. The van der Waals surface area contributed by atoms with Crippen molar-refractivity contribution >= 4 is 5.91 Å². The highest BCUT2D eigenvalue weighted by Crippen LogP contribution is 2.54. The van der Waals surface area contributed by atoms with Gasteiger partial charge in [-0.2, -0.15) is 0 Å². The van der Waals surface area contributed by atoms with E-state index in [0.29, 0.717) is 19.3 Å². The molecule has 0 radical (unpaired) electrons. The molecule has 5 nitrogen and oxygen atoms in total. The van der Waals surface area contributed by atoms with Gasteiger partial charge in [-0.1, -0.05) is 26.8 Å². The number of phenolic OH excluding ortho intramolecular Hbond substituents is 1. The van der Waals surface area contributed by atoms with E-state index in [4.69, 9.17) is 4.74 Å². The van der Waals surface area contributed by atoms with Crippen LogP contribution in [0, 0.1) is 5.92 Å². The summed E-state index contributed by atoms with van der Waals surface area (Å²) < 4.78 is 6.39. The third-order valence-electron chi connectivity index (χ3n) is 6.91. The number of ether oxygens (including phenoxy) is 1. The number of aliphatic hydroxyl groups is 1. The topological polar surface area (TPSA) is 78.8 Å². The first-order valence-electron chi connectivity index (χ1n) is 10.7. The van der Waals surface area contributed by atoms with Crippen LogP contribution in [0.5, 0.6) is 11.5 Å². The van der Waals surface area contributed by atoms with Crippen molar-refractivity contribution in [3.8, 4) is 11.5 Å². The largest absolute Gasteiger partial charge is 0.508 e. The number of phenols is 1. The Morgan fingerprint density at radius 2 is 1.93 bits per heavy atom. The Hall–Kier alpha value is -2.01. The average molecular weight is 400 g/mol. The molecule has 1 aliphatic heterocycles. The number of aromatic hydroxyl groups is 1. The summed E-state index contributed by atoms with van der Waals surface area (Å²) in [4.78, 5) is 12.8. The molecule has 4 rings (SSSR count). The zero-order chi connectivity index (χ0) is 21.1. The summed E-state index contributed by atoms with van der Waals surface area (Å²) in [5.41, 5.74) is 2.17. The molecule has 0 saturated heterocycles. The molecule has 0 spiro atoms. The van der Waals surface area contributed by atoms with Crippen molar-refractivity contribution in [1.29, 1.82) is 0 Å². The SMILES string of the molecule is CC(C)(C)c1cc(O)c2c(c1)OC(C)(C)[C@@H]1CC=C(C(=O)NC3CC(O)C3)C[C@@H]21. The Labute approximate surface area is 173 Å². The predicted molar refractivity (Wildman–Crippen MR) is 112 cm³/mol. The van der Waals surface area contributed by atoms with E-state index < -0.39 is 0 Å². The third kappa shape index (κ3) is 3.65. The minimum absolute atomic E-state index is 0.0421. The normalized spacial score (nSPS) is 30.2. The third-order valence-corrected chi connectivity index (χ3v) is 6.91. The Kier molecular flexibility index (Phi) is 4.73. The van der Waals surface area contributed by atoms with Crippen LogP contribution in [-0.4, -0.2) is 33.9 Å². The number of carbonyl (C=O) groups is 1. The number of hydrogen-bond donors (Lipinski definition) is 3. The maximum absolute atomic E-state index is 12.8. The Bertz CT molecular complexity index is 858. The summed E-state index contributed by atoms with van der Waals surface area (Å²) in [6.45, 7) is 10.6. The van der Waals surface area contributed by atoms with Gasteiger partial charge in [0.15, 0.2) is 0 Å². The van der Waals surface area contributed by atoms with Gasteiger partial charge in [0.05, 0.1) is 6.10 Å². The molecule has 1 fully saturated rings. The van der Waals surface area contributed by atoms with Crippen molar-refractivity contribution < 1.29 is 19.7 Å². The van der Waals surface area contributed by atoms with Crippen molar-refractivity contribution in [2.75, 3.05) is 0 Å². The van der Waals surface area contributed by atoms with Crippen LogP contribution in [0.15, 0.2) is 23.8 Å². The van der Waals surface area contributed by atoms with E-state index in [1.807, 2.05) is 12.1 Å². The Morgan fingerprint density at radius 3 is 2.55 bits per heavy atom. The van der Waals surface area contributed by atoms with Gasteiger partial charge in [0.2, 0.25) is 5.91 Å². The molecule has 2 aliphatic carbocycles. The van der Waals surface area contributed by atoms with Gasteiger partial charge in [0.1, 0.15) is 17.1 Å². The highest BCUT2D eigenvalue weighted by atomic mass is 16.5. The van der Waals surface area contributed by atoms with E-state index in [1.54, 1.807) is 0 Å². The van der Waals surface area contributed by atoms with Gasteiger partial charge in [-0.3, -0.25) is 4.79 Å². The van der Waals surface area contributed by atoms with E-state index in [9.17, 15) is 15.0 Å². The first-order chi connectivity index (χ1) is 13.5. The second-order valence-corrected chi connectivity index (χ2v) is 10.5. The molecular weight excluding hydrogens is 366 g/mol. The van der Waals surface area contributed by atoms with E-state index in [1.165, 1.54) is 0 Å². The molecule has 1 saturated carbocycles. The molecule has 5 heteroatoms. The highest BCUT2D eigenvalue weighted by molar-refractivity contribution is 5.94. The van der Waals surface area contributed by atoms with Gasteiger partial charge in [0.25, 0.3) is 0 Å². The van der Waals surface area contributed by atoms with Crippen molar-refractivity contribution in [3.05, 3.63) is 34.9 Å². The standard InChI is InChI=1S/C24H33NO4/c1-23(2,3)14-9-19(27)21-17-8-13(22(28)25-15-11-16(26)12-15)6-7-18(17)24(4,5)29-20(21)10-14/h6,9-10,15-18,26-27H,7-8,11-12H2,1-5H3,(H,25,28)/t15?,16?,17-,18-/m1/s1. The van der Waals surface area contributed by atoms with Crippen LogP contribution in [0.2, 0.25) is 0 Å². The average Bonchev–Trinajstić information content (AvgIpc) is 2.58. The second kappa shape index (κ2) is 6.76. The molecule has 2 atom stereocenters. The molecule has 0 unspecified atom stereocenters. The van der Waals surface area contributed by atoms with E-state index in [2.05, 4.69) is 46.0 Å². The number of nitrogens with one attached hydrogen (secondary N) is 1. The quantitative estimate of drug-likeness (QED) is 0.704. The number of allylic oxidation sites excluding steroid dienone is 1. The van der Waals surface area contributed by atoms with Crippen LogP contribution >= 0.6 is 0 Å². The van der Waals surface area contributed by atoms with E-state index >= 15 is 0 Å². The fourth-order valence-electron chi connectivity index (χ4n) is 5.00. The molecule has 3 N–H and O–H groups in total. The van der Waals surface area contributed by atoms with Crippen molar-refractivity contribution in [2.45, 2.75) is 89.4 Å². The summed E-state index contributed by atoms with van der Waals surface area (Å²) in [5.74, 6) is 1.20. The number of hydrogen-bond acceptors (Lipinski definition) is 4. The number of benzene rings is 1. The van der Waals surface area contributed by atoms with Gasteiger partial charge >= 0.3 is 0 Å². The van der Waals surface area contributed by atoms with Crippen LogP contribution in [0.25, 0.3) is 0 Å². The summed E-state index contributed by atoms with van der Waals surface area (Å²) >= 11 is 0. The summed E-state index contributed by atoms with van der Waals surface area (Å²) in [6, 6.07) is 3.98. The number of rotatable bonds is 2. The zero-order valence-corrected chi connectivity index (χ0v) is 18.1. The molecule has 1 amide bonds. The van der Waals surface area contributed by atoms with Gasteiger partial charge in [-0.25, -0.2) is 0 Å². The highest BCUT2D eigenvalue weighted by Gasteiger charge is 2.47. The number of fused-ring (bicyclic) bond motifs is 3. The molecular formula is C24H33NO4. The molecule has 1 aromatic rings. The lowest BCUT2D eigenvalue weighted by Crippen LogP contribution is -2.49. The number of aliphatic hydroxyl groups excluding tert-OH is 1. The van der Waals surface area contributed by atoms with Crippen molar-refractivity contribution in [2.24, 2.45) is 5.92 Å². The summed E-state index contributed by atoms with van der Waals surface area (Å²) in [7, 11) is 0. The van der Waals surface area contributed by atoms with E-state index in [-0.39, 0.29) is 46.7 Å². The molecule has 0 aromatic heterocycles. The van der Waals surface area contributed by atoms with Gasteiger partial charge in [-0.15, -0.1) is 0 Å². The fourth-order valence-corrected chi connectivity index (χ4v) is 5.00. The monoisotopic (exact) mass is 399 g/mol. The lowest BCUT2D eigenvalue weighted by Gasteiger charge is -2.47. The molecule has 0 bridgehead atoms. The molecule has 3 aliphatic rings. The van der Waals surface area contributed by atoms with Crippen LogP contribution in [0.1, 0.15) is 77.3 Å². The van der Waals surface area contributed by atoms with Gasteiger partial charge in [0, 0.05) is 29.0 Å². The van der Waals surface area contributed by atoms with Gasteiger partial charge < -0.3 is 20.3 Å². The van der Waals surface area contributed by atoms with E-state index in [0.717, 1.165) is 28.9 Å². The zero-order valence-electron chi connectivity index (χ0n) is 18.1. The lowest BCUT2D eigenvalue weighted by atomic mass is 9.66. The molecule has 1 aromatic carbocycles. The minimum Gasteiger partial charge on any atom is -0.508 e. The van der Waals surface area contributed by atoms with Crippen LogP contribution in [0.4, 0.5) is 0 Å². The van der Waals surface area contributed by atoms with Crippen molar-refractivity contribution in [3.63, 3.8) is 0 Å². The summed E-state index contributed by atoms with van der Waals surface area (Å²) in [6.07, 6.45) is 4.34. The fraction of sp³-hybridized carbons (Fsp3) is 0.625. The number of carbonyl (C=O) groups excluding carboxylic acids is 1. The molecule has 1 heterocycles. The van der Waals surface area contributed by atoms with Gasteiger partial charge in [-0.05, 0) is 62.6 Å². The predicted octanol–water partition coefficient (Wildman–Crippen LogP) is 3.92. The lowest BCUT2D eigenvalue weighted by molar-refractivity contribution is -0.120. The second-order valence-electron chi connectivity index (χ2n) is 10.5. The van der Waals surface area contributed by atoms with Crippen LogP contribution < -0.4 is 10.1 Å². The first kappa shape index (κ1) is 20.3. The Morgan fingerprint density at radius 1 is 1.24 bits per heavy atom. The van der Waals surface area contributed by atoms with Crippen LogP contribution in [0.3, 0.4) is 0 Å². The first-order valence-corrected chi connectivity index (χ1v) is 10.7. The number of amides is 1.